The van der Waals surface area contributed by atoms with Crippen LogP contribution < -0.4 is 5.32 Å². The lowest BCUT2D eigenvalue weighted by molar-refractivity contribution is 0.217. The number of nitrogens with one attached hydrogen (secondary N) is 1. The summed E-state index contributed by atoms with van der Waals surface area (Å²) in [5, 5.41) is 3.44. The minimum absolute atomic E-state index is 0.765. The van der Waals surface area contributed by atoms with Crippen LogP contribution in [0.3, 0.4) is 0 Å². The molecule has 1 N–H and O–H groups in total. The van der Waals surface area contributed by atoms with Crippen molar-refractivity contribution in [1.29, 1.82) is 0 Å². The Balaban J connectivity index is 1.82. The van der Waals surface area contributed by atoms with Gasteiger partial charge >= 0.3 is 0 Å². The molecule has 1 aromatic heterocycles. The Morgan fingerprint density at radius 2 is 2.44 bits per heavy atom. The molecule has 0 aliphatic carbocycles. The van der Waals surface area contributed by atoms with Crippen LogP contribution in [0.1, 0.15) is 18.4 Å². The van der Waals surface area contributed by atoms with Gasteiger partial charge in [-0.05, 0) is 57.0 Å². The molecule has 1 fully saturated rings. The zero-order valence-corrected chi connectivity index (χ0v) is 10.2. The summed E-state index contributed by atoms with van der Waals surface area (Å²) in [4.78, 5) is 6.73. The van der Waals surface area contributed by atoms with Crippen molar-refractivity contribution >= 4 is 5.82 Å². The number of rotatable bonds is 3. The third-order valence-corrected chi connectivity index (χ3v) is 3.21. The second-order valence-corrected chi connectivity index (χ2v) is 4.87. The third-order valence-electron chi connectivity index (χ3n) is 3.21. The van der Waals surface area contributed by atoms with E-state index in [-0.39, 0.29) is 0 Å². The first-order valence-corrected chi connectivity index (χ1v) is 6.09. The maximum Gasteiger partial charge on any atom is 0.126 e. The molecule has 1 aliphatic heterocycles. The van der Waals surface area contributed by atoms with Crippen molar-refractivity contribution in [2.24, 2.45) is 5.92 Å². The van der Waals surface area contributed by atoms with Gasteiger partial charge in [0, 0.05) is 19.3 Å². The molecular weight excluding hydrogens is 198 g/mol. The van der Waals surface area contributed by atoms with Crippen LogP contribution in [0.25, 0.3) is 0 Å². The monoisotopic (exact) mass is 219 g/mol. The minimum Gasteiger partial charge on any atom is -0.370 e. The SMILES string of the molecule is Cc1ccnc(NCC2CCCN(C)C2)c1. The first kappa shape index (κ1) is 11.4. The predicted octanol–water partition coefficient (Wildman–Crippen LogP) is 2.14. The quantitative estimate of drug-likeness (QED) is 0.844. The Labute approximate surface area is 97.9 Å². The lowest BCUT2D eigenvalue weighted by atomic mass is 9.98. The normalized spacial score (nSPS) is 22.0. The van der Waals surface area contributed by atoms with Crippen LogP contribution in [0.2, 0.25) is 0 Å². The number of hydrogen-bond acceptors (Lipinski definition) is 3. The lowest BCUT2D eigenvalue weighted by Gasteiger charge is -2.29. The van der Waals surface area contributed by atoms with Crippen molar-refractivity contribution in [1.82, 2.24) is 9.88 Å². The highest BCUT2D eigenvalue weighted by Crippen LogP contribution is 2.15. The van der Waals surface area contributed by atoms with Crippen molar-refractivity contribution < 1.29 is 0 Å². The number of nitrogens with zero attached hydrogens (tertiary/aromatic N) is 2. The predicted molar refractivity (Wildman–Crippen MR) is 67.7 cm³/mol. The number of likely N-dealkylation sites (tertiary alicyclic amines) is 1. The third kappa shape index (κ3) is 3.20. The van der Waals surface area contributed by atoms with Gasteiger partial charge < -0.3 is 10.2 Å². The standard InChI is InChI=1S/C13H21N3/c1-11-5-6-14-13(8-11)15-9-12-4-3-7-16(2)10-12/h5-6,8,12H,3-4,7,9-10H2,1-2H3,(H,14,15). The number of aryl methyl sites for hydroxylation is 1. The fraction of sp³-hybridized carbons (Fsp3) is 0.615. The number of hydrogen-bond donors (Lipinski definition) is 1. The topological polar surface area (TPSA) is 28.2 Å². The highest BCUT2D eigenvalue weighted by atomic mass is 15.1. The van der Waals surface area contributed by atoms with Gasteiger partial charge in [-0.15, -0.1) is 0 Å². The number of pyridine rings is 1. The van der Waals surface area contributed by atoms with Crippen LogP contribution in [0.5, 0.6) is 0 Å². The Hall–Kier alpha value is -1.09. The van der Waals surface area contributed by atoms with Crippen LogP contribution in [-0.4, -0.2) is 36.6 Å². The molecule has 3 nitrogen and oxygen atoms in total. The molecule has 0 spiro atoms. The van der Waals surface area contributed by atoms with Crippen molar-refractivity contribution in [3.05, 3.63) is 23.9 Å². The Kier molecular flexibility index (Phi) is 3.78. The van der Waals surface area contributed by atoms with E-state index < -0.39 is 0 Å². The molecule has 1 aromatic rings. The molecule has 1 unspecified atom stereocenters. The van der Waals surface area contributed by atoms with Crippen LogP contribution in [0.4, 0.5) is 5.82 Å². The second-order valence-electron chi connectivity index (χ2n) is 4.87. The molecule has 0 saturated carbocycles. The number of anilines is 1. The largest absolute Gasteiger partial charge is 0.370 e. The molecule has 0 aromatic carbocycles. The van der Waals surface area contributed by atoms with Gasteiger partial charge in [0.25, 0.3) is 0 Å². The summed E-state index contributed by atoms with van der Waals surface area (Å²) in [5.74, 6) is 1.77. The van der Waals surface area contributed by atoms with Gasteiger partial charge in [0.1, 0.15) is 5.82 Å². The fourth-order valence-corrected chi connectivity index (χ4v) is 2.32. The van der Waals surface area contributed by atoms with Crippen LogP contribution >= 0.6 is 0 Å². The first-order chi connectivity index (χ1) is 7.74. The highest BCUT2D eigenvalue weighted by molar-refractivity contribution is 5.36. The summed E-state index contributed by atoms with van der Waals surface area (Å²) in [5.41, 5.74) is 1.26. The summed E-state index contributed by atoms with van der Waals surface area (Å²) < 4.78 is 0. The molecule has 1 saturated heterocycles. The highest BCUT2D eigenvalue weighted by Gasteiger charge is 2.16. The van der Waals surface area contributed by atoms with Crippen molar-refractivity contribution in [3.63, 3.8) is 0 Å². The average Bonchev–Trinajstić information content (AvgIpc) is 2.27. The minimum atomic E-state index is 0.765. The lowest BCUT2D eigenvalue weighted by Crippen LogP contribution is -2.35. The maximum atomic E-state index is 4.32. The van der Waals surface area contributed by atoms with Crippen LogP contribution in [0.15, 0.2) is 18.3 Å². The van der Waals surface area contributed by atoms with Gasteiger partial charge in [0.2, 0.25) is 0 Å². The van der Waals surface area contributed by atoms with E-state index in [0.29, 0.717) is 0 Å². The van der Waals surface area contributed by atoms with E-state index in [1.807, 2.05) is 12.3 Å². The van der Waals surface area contributed by atoms with Crippen LogP contribution in [-0.2, 0) is 0 Å². The zero-order chi connectivity index (χ0) is 11.4. The average molecular weight is 219 g/mol. The Bertz CT molecular complexity index is 338. The zero-order valence-electron chi connectivity index (χ0n) is 10.2. The summed E-state index contributed by atoms with van der Waals surface area (Å²) in [7, 11) is 2.21. The van der Waals surface area contributed by atoms with Gasteiger partial charge in [-0.1, -0.05) is 0 Å². The molecule has 1 atom stereocenters. The molecule has 2 heterocycles. The van der Waals surface area contributed by atoms with Gasteiger partial charge in [0.05, 0.1) is 0 Å². The van der Waals surface area contributed by atoms with Crippen molar-refractivity contribution in [2.75, 3.05) is 32.0 Å². The van der Waals surface area contributed by atoms with Crippen LogP contribution in [0, 0.1) is 12.8 Å². The first-order valence-electron chi connectivity index (χ1n) is 6.09. The Morgan fingerprint density at radius 1 is 1.56 bits per heavy atom. The molecular formula is C13H21N3. The summed E-state index contributed by atoms with van der Waals surface area (Å²) in [6.07, 6.45) is 4.53. The molecule has 3 heteroatoms. The van der Waals surface area contributed by atoms with Gasteiger partial charge in [0.15, 0.2) is 0 Å². The molecule has 0 radical (unpaired) electrons. The summed E-state index contributed by atoms with van der Waals surface area (Å²) >= 11 is 0. The van der Waals surface area contributed by atoms with Gasteiger partial charge in [-0.2, -0.15) is 0 Å². The van der Waals surface area contributed by atoms with Crippen molar-refractivity contribution in [2.45, 2.75) is 19.8 Å². The summed E-state index contributed by atoms with van der Waals surface area (Å²) in [6, 6.07) is 4.13. The fourth-order valence-electron chi connectivity index (χ4n) is 2.32. The summed E-state index contributed by atoms with van der Waals surface area (Å²) in [6.45, 7) is 5.60. The van der Waals surface area contributed by atoms with E-state index in [0.717, 1.165) is 18.3 Å². The van der Waals surface area contributed by atoms with E-state index >= 15 is 0 Å². The number of aromatic nitrogens is 1. The molecule has 0 amide bonds. The van der Waals surface area contributed by atoms with E-state index in [2.05, 4.69) is 35.2 Å². The Morgan fingerprint density at radius 3 is 3.19 bits per heavy atom. The van der Waals surface area contributed by atoms with E-state index in [1.165, 1.54) is 31.5 Å². The van der Waals surface area contributed by atoms with E-state index in [9.17, 15) is 0 Å². The molecule has 2 rings (SSSR count). The van der Waals surface area contributed by atoms with E-state index in [1.54, 1.807) is 0 Å². The number of piperidine rings is 1. The van der Waals surface area contributed by atoms with Gasteiger partial charge in [-0.3, -0.25) is 0 Å². The molecule has 16 heavy (non-hydrogen) atoms. The van der Waals surface area contributed by atoms with E-state index in [4.69, 9.17) is 0 Å². The molecule has 1 aliphatic rings. The molecule has 0 bridgehead atoms. The maximum absolute atomic E-state index is 4.32. The second kappa shape index (κ2) is 5.30. The van der Waals surface area contributed by atoms with Gasteiger partial charge in [-0.25, -0.2) is 4.98 Å². The smallest absolute Gasteiger partial charge is 0.126 e. The molecule has 88 valence electrons. The van der Waals surface area contributed by atoms with Crippen molar-refractivity contribution in [3.8, 4) is 0 Å².